The molecule has 7 atom stereocenters. The Labute approximate surface area is 173 Å². The van der Waals surface area contributed by atoms with Crippen molar-refractivity contribution in [2.45, 2.75) is 37.3 Å². The van der Waals surface area contributed by atoms with E-state index in [1.54, 1.807) is 0 Å². The zero-order valence-electron chi connectivity index (χ0n) is 14.8. The molecule has 0 bridgehead atoms. The number of nitrogens with zero attached hydrogens (tertiary/aromatic N) is 1. The molecular weight excluding hydrogens is 500 g/mol. The van der Waals surface area contributed by atoms with E-state index in [9.17, 15) is 33.9 Å². The van der Waals surface area contributed by atoms with Gasteiger partial charge in [-0.15, -0.1) is 0 Å². The molecule has 0 radical (unpaired) electrons. The van der Waals surface area contributed by atoms with Crippen molar-refractivity contribution in [2.75, 3.05) is 6.61 Å². The van der Waals surface area contributed by atoms with Gasteiger partial charge in [-0.25, -0.2) is 22.6 Å². The predicted molar refractivity (Wildman–Crippen MR) is 96.2 cm³/mol. The molecule has 7 N–H and O–H groups in total. The van der Waals surface area contributed by atoms with E-state index in [0.717, 1.165) is 19.2 Å². The number of hydrogen-bond donors (Lipinski definition) is 7. The summed E-state index contributed by atoms with van der Waals surface area (Å²) < 4.78 is 54.5. The number of carbonyl (C=O) groups excluding carboxylic acids is 1. The van der Waals surface area contributed by atoms with E-state index in [1.807, 2.05) is 0 Å². The minimum absolute atomic E-state index is 0.706. The summed E-state index contributed by atoms with van der Waals surface area (Å²) in [5.74, 6) is 0. The van der Waals surface area contributed by atoms with Crippen LogP contribution in [-0.2, 0) is 38.8 Å². The standard InChI is InChI=1S/C10H18FN2O13P3S/c1-10(11)7(15)5(24-8(10)13-3-2-6(14)12-9(13)16)4-23-29(22,30)26-28(20,21)25-27(17,18)19/h2-3,5-8,14-15H,4H2,1H3,(H,12,16)(H,20,21)(H,22,30)(H2,17,18,19)/t5-,6?,7-,8-,10-,29?/m1/s1. The zero-order valence-corrected chi connectivity index (χ0v) is 18.3. The van der Waals surface area contributed by atoms with Crippen LogP contribution in [0.3, 0.4) is 0 Å². The van der Waals surface area contributed by atoms with Gasteiger partial charge in [0.1, 0.15) is 18.4 Å². The van der Waals surface area contributed by atoms with Gasteiger partial charge in [-0.1, -0.05) is 0 Å². The van der Waals surface area contributed by atoms with Gasteiger partial charge in [0, 0.05) is 6.20 Å². The maximum Gasteiger partial charge on any atom is 0.488 e. The molecular formula is C10H18FN2O13P3S. The van der Waals surface area contributed by atoms with Gasteiger partial charge in [0.15, 0.2) is 11.9 Å². The monoisotopic (exact) mass is 518 g/mol. The third-order valence-electron chi connectivity index (χ3n) is 3.72. The minimum Gasteiger partial charge on any atom is -0.387 e. The molecule has 1 saturated heterocycles. The summed E-state index contributed by atoms with van der Waals surface area (Å²) in [4.78, 5) is 48.6. The second kappa shape index (κ2) is 8.89. The molecule has 2 rings (SSSR count). The van der Waals surface area contributed by atoms with Gasteiger partial charge in [-0.3, -0.25) is 4.90 Å². The quantitative estimate of drug-likeness (QED) is 0.194. The smallest absolute Gasteiger partial charge is 0.387 e. The fourth-order valence-electron chi connectivity index (χ4n) is 2.50. The minimum atomic E-state index is -5.55. The van der Waals surface area contributed by atoms with Crippen LogP contribution in [0.1, 0.15) is 6.92 Å². The van der Waals surface area contributed by atoms with E-state index in [2.05, 4.69) is 30.3 Å². The van der Waals surface area contributed by atoms with Gasteiger partial charge in [-0.05, 0) is 24.8 Å². The number of aliphatic hydroxyl groups is 2. The van der Waals surface area contributed by atoms with Crippen molar-refractivity contribution >= 4 is 40.2 Å². The maximum absolute atomic E-state index is 15.0. The Morgan fingerprint density at radius 1 is 1.30 bits per heavy atom. The van der Waals surface area contributed by atoms with Crippen LogP contribution < -0.4 is 5.32 Å². The van der Waals surface area contributed by atoms with Crippen LogP contribution >= 0.6 is 22.4 Å². The molecule has 0 aromatic carbocycles. The van der Waals surface area contributed by atoms with Crippen LogP contribution in [0, 0.1) is 0 Å². The van der Waals surface area contributed by atoms with Gasteiger partial charge >= 0.3 is 28.4 Å². The Bertz CT molecular complexity index is 851. The van der Waals surface area contributed by atoms with E-state index in [4.69, 9.17) is 14.5 Å². The topological polar surface area (TPSA) is 225 Å². The van der Waals surface area contributed by atoms with Crippen molar-refractivity contribution in [3.8, 4) is 0 Å². The fourth-order valence-corrected chi connectivity index (χ4v) is 6.47. The summed E-state index contributed by atoms with van der Waals surface area (Å²) in [5, 5.41) is 21.5. The van der Waals surface area contributed by atoms with Crippen molar-refractivity contribution in [1.82, 2.24) is 10.2 Å². The first-order chi connectivity index (χ1) is 13.4. The third kappa shape index (κ3) is 6.58. The molecule has 0 aliphatic carbocycles. The number of aliphatic hydroxyl groups excluding tert-OH is 2. The number of phosphoric acid groups is 2. The number of amides is 2. The highest BCUT2D eigenvalue weighted by molar-refractivity contribution is 8.08. The van der Waals surface area contributed by atoms with E-state index < -0.39 is 65.3 Å². The molecule has 2 aliphatic rings. The summed E-state index contributed by atoms with van der Waals surface area (Å²) in [5.41, 5.74) is -2.58. The molecule has 2 amide bonds. The molecule has 15 nitrogen and oxygen atoms in total. The average molecular weight is 518 g/mol. The number of ether oxygens (including phenoxy) is 1. The Morgan fingerprint density at radius 3 is 2.43 bits per heavy atom. The second-order valence-electron chi connectivity index (χ2n) is 6.15. The number of hydrogen-bond acceptors (Lipinski definition) is 10. The highest BCUT2D eigenvalue weighted by Gasteiger charge is 2.57. The van der Waals surface area contributed by atoms with Crippen molar-refractivity contribution in [3.63, 3.8) is 0 Å². The summed E-state index contributed by atoms with van der Waals surface area (Å²) in [6.07, 6.45) is -4.42. The van der Waals surface area contributed by atoms with Gasteiger partial charge < -0.3 is 44.4 Å². The average Bonchev–Trinajstić information content (AvgIpc) is 2.73. The lowest BCUT2D eigenvalue weighted by Gasteiger charge is -2.34. The predicted octanol–water partition coefficient (Wildman–Crippen LogP) is -0.883. The number of urea groups is 1. The molecule has 3 unspecified atom stereocenters. The van der Waals surface area contributed by atoms with E-state index in [-0.39, 0.29) is 0 Å². The van der Waals surface area contributed by atoms with Crippen LogP contribution in [0.4, 0.5) is 9.18 Å². The fraction of sp³-hybridized carbons (Fsp3) is 0.700. The molecule has 0 spiro atoms. The van der Waals surface area contributed by atoms with Gasteiger partial charge in [-0.2, -0.15) is 4.31 Å². The van der Waals surface area contributed by atoms with Crippen molar-refractivity contribution < 1.29 is 66.0 Å². The van der Waals surface area contributed by atoms with Crippen molar-refractivity contribution in [3.05, 3.63) is 12.3 Å². The summed E-state index contributed by atoms with van der Waals surface area (Å²) in [6, 6.07) is -0.945. The lowest BCUT2D eigenvalue weighted by atomic mass is 9.98. The number of carbonyl (C=O) groups is 1. The summed E-state index contributed by atoms with van der Waals surface area (Å²) in [6.45, 7) is -4.71. The molecule has 30 heavy (non-hydrogen) atoms. The first-order valence-corrected chi connectivity index (χ1v) is 13.3. The second-order valence-corrected chi connectivity index (χ2v) is 12.0. The van der Waals surface area contributed by atoms with Crippen LogP contribution in [0.25, 0.3) is 0 Å². The normalized spacial score (nSPS) is 36.3. The number of nitrogens with one attached hydrogen (secondary N) is 1. The van der Waals surface area contributed by atoms with E-state index in [1.165, 1.54) is 0 Å². The molecule has 20 heteroatoms. The van der Waals surface area contributed by atoms with Gasteiger partial charge in [0.25, 0.3) is 0 Å². The molecule has 0 saturated carbocycles. The molecule has 1 fully saturated rings. The number of alkyl halides is 1. The number of halogens is 1. The third-order valence-corrected chi connectivity index (χ3v) is 8.44. The SMILES string of the molecule is C[C@@]1(F)[C@H](O)[C@@H](COP(O)(=S)OP(=O)(O)OP(=O)(O)O)O[C@H]1N1C=CC(O)NC1=O. The Morgan fingerprint density at radius 2 is 1.90 bits per heavy atom. The highest BCUT2D eigenvalue weighted by Crippen LogP contribution is 2.66. The summed E-state index contributed by atoms with van der Waals surface area (Å²) in [7, 11) is -11.0. The van der Waals surface area contributed by atoms with Gasteiger partial charge in [0.05, 0.1) is 6.61 Å². The van der Waals surface area contributed by atoms with E-state index in [0.29, 0.717) is 4.90 Å². The summed E-state index contributed by atoms with van der Waals surface area (Å²) >= 11 is 4.41. The first kappa shape index (κ1) is 25.9. The van der Waals surface area contributed by atoms with Crippen LogP contribution in [0.5, 0.6) is 0 Å². The molecule has 2 heterocycles. The highest BCUT2D eigenvalue weighted by atomic mass is 32.5. The molecule has 2 aliphatic heterocycles. The van der Waals surface area contributed by atoms with Crippen molar-refractivity contribution in [1.29, 1.82) is 0 Å². The Hall–Kier alpha value is -0.350. The first-order valence-electron chi connectivity index (χ1n) is 7.69. The Balaban J connectivity index is 2.06. The van der Waals surface area contributed by atoms with Crippen LogP contribution in [0.2, 0.25) is 0 Å². The molecule has 174 valence electrons. The number of rotatable bonds is 8. The maximum atomic E-state index is 15.0. The largest absolute Gasteiger partial charge is 0.488 e. The van der Waals surface area contributed by atoms with Crippen LogP contribution in [0.15, 0.2) is 12.3 Å². The lowest BCUT2D eigenvalue weighted by Crippen LogP contribution is -2.56. The lowest BCUT2D eigenvalue weighted by molar-refractivity contribution is -0.0733. The zero-order chi connectivity index (χ0) is 23.1. The molecule has 0 aromatic heterocycles. The Kier molecular flexibility index (Phi) is 7.67. The molecule has 0 aromatic rings. The van der Waals surface area contributed by atoms with E-state index >= 15 is 4.39 Å². The van der Waals surface area contributed by atoms with Crippen LogP contribution in [-0.4, -0.2) is 77.7 Å². The van der Waals surface area contributed by atoms with Gasteiger partial charge in [0.2, 0.25) is 0 Å². The van der Waals surface area contributed by atoms with Crippen molar-refractivity contribution in [2.24, 2.45) is 0 Å².